The fourth-order valence-corrected chi connectivity index (χ4v) is 2.63. The monoisotopic (exact) mass is 341 g/mol. The smallest absolute Gasteiger partial charge is 0.295 e. The lowest BCUT2D eigenvalue weighted by molar-refractivity contribution is 0.102. The number of nitrogens with zero attached hydrogens (tertiary/aromatic N) is 2. The number of hydrogen-bond acceptors (Lipinski definition) is 2. The van der Waals surface area contributed by atoms with Crippen molar-refractivity contribution in [3.63, 3.8) is 0 Å². The molecule has 1 N–H and O–H groups in total. The number of aromatic nitrogens is 2. The minimum absolute atomic E-state index is 0.265. The second kappa shape index (κ2) is 6.37. The standard InChI is InChI=1S/C18H16ClN3O2/c1-12-16(20-17(23)13-8-10-14(19)11-9-13)18(24)22(21(12)2)15-6-4-3-5-7-15/h3-11H,1-2H3,(H,20,23). The van der Waals surface area contributed by atoms with Crippen LogP contribution in [0.2, 0.25) is 5.02 Å². The highest BCUT2D eigenvalue weighted by molar-refractivity contribution is 6.30. The van der Waals surface area contributed by atoms with Gasteiger partial charge >= 0.3 is 0 Å². The number of para-hydroxylation sites is 1. The van der Waals surface area contributed by atoms with E-state index >= 15 is 0 Å². The van der Waals surface area contributed by atoms with Crippen LogP contribution in [0.1, 0.15) is 16.1 Å². The van der Waals surface area contributed by atoms with Crippen LogP contribution in [0.15, 0.2) is 59.4 Å². The topological polar surface area (TPSA) is 56.0 Å². The Morgan fingerprint density at radius 1 is 1.04 bits per heavy atom. The highest BCUT2D eigenvalue weighted by atomic mass is 35.5. The van der Waals surface area contributed by atoms with Crippen molar-refractivity contribution in [3.8, 4) is 5.69 Å². The molecule has 2 aromatic carbocycles. The number of nitrogens with one attached hydrogen (secondary N) is 1. The fourth-order valence-electron chi connectivity index (χ4n) is 2.50. The SMILES string of the molecule is Cc1c(NC(=O)c2ccc(Cl)cc2)c(=O)n(-c2ccccc2)n1C. The zero-order chi connectivity index (χ0) is 17.3. The lowest BCUT2D eigenvalue weighted by atomic mass is 10.2. The largest absolute Gasteiger partial charge is 0.316 e. The number of rotatable bonds is 3. The molecule has 0 spiro atoms. The number of hydrogen-bond donors (Lipinski definition) is 1. The molecule has 122 valence electrons. The van der Waals surface area contributed by atoms with E-state index in [0.717, 1.165) is 5.69 Å². The normalized spacial score (nSPS) is 10.6. The van der Waals surface area contributed by atoms with Gasteiger partial charge in [-0.15, -0.1) is 0 Å². The third-order valence-electron chi connectivity index (χ3n) is 3.90. The molecule has 0 bridgehead atoms. The maximum absolute atomic E-state index is 12.7. The molecule has 1 heterocycles. The Hall–Kier alpha value is -2.79. The summed E-state index contributed by atoms with van der Waals surface area (Å²) in [5.41, 5.74) is 1.84. The third kappa shape index (κ3) is 2.86. The minimum atomic E-state index is -0.349. The molecular weight excluding hydrogens is 326 g/mol. The number of anilines is 1. The van der Waals surface area contributed by atoms with Crippen molar-refractivity contribution in [1.29, 1.82) is 0 Å². The van der Waals surface area contributed by atoms with Crippen molar-refractivity contribution in [2.75, 3.05) is 5.32 Å². The van der Waals surface area contributed by atoms with Gasteiger partial charge in [0.2, 0.25) is 0 Å². The Morgan fingerprint density at radius 2 is 1.67 bits per heavy atom. The zero-order valence-electron chi connectivity index (χ0n) is 13.3. The summed E-state index contributed by atoms with van der Waals surface area (Å²) in [6.07, 6.45) is 0. The van der Waals surface area contributed by atoms with Crippen molar-refractivity contribution >= 4 is 23.2 Å². The molecule has 1 aromatic heterocycles. The summed E-state index contributed by atoms with van der Waals surface area (Å²) in [5, 5.41) is 3.26. The highest BCUT2D eigenvalue weighted by Crippen LogP contribution is 2.16. The molecule has 0 saturated carbocycles. The van der Waals surface area contributed by atoms with Crippen molar-refractivity contribution in [2.24, 2.45) is 7.05 Å². The Bertz CT molecular complexity index is 941. The van der Waals surface area contributed by atoms with E-state index in [9.17, 15) is 9.59 Å². The van der Waals surface area contributed by atoms with E-state index in [0.29, 0.717) is 16.3 Å². The predicted molar refractivity (Wildman–Crippen MR) is 95.2 cm³/mol. The van der Waals surface area contributed by atoms with Crippen molar-refractivity contribution < 1.29 is 4.79 Å². The van der Waals surface area contributed by atoms with Crippen LogP contribution in [0.3, 0.4) is 0 Å². The number of carbonyl (C=O) groups is 1. The van der Waals surface area contributed by atoms with Crippen LogP contribution in [0.5, 0.6) is 0 Å². The average molecular weight is 342 g/mol. The molecule has 24 heavy (non-hydrogen) atoms. The van der Waals surface area contributed by atoms with Gasteiger partial charge in [0, 0.05) is 17.6 Å². The lowest BCUT2D eigenvalue weighted by Gasteiger charge is -2.07. The van der Waals surface area contributed by atoms with E-state index < -0.39 is 0 Å². The van der Waals surface area contributed by atoms with Crippen LogP contribution < -0.4 is 10.9 Å². The fraction of sp³-hybridized carbons (Fsp3) is 0.111. The first kappa shape index (κ1) is 16.1. The minimum Gasteiger partial charge on any atom is -0.316 e. The molecular formula is C18H16ClN3O2. The summed E-state index contributed by atoms with van der Waals surface area (Å²) >= 11 is 5.83. The summed E-state index contributed by atoms with van der Waals surface area (Å²) in [6, 6.07) is 15.8. The molecule has 0 fully saturated rings. The molecule has 0 radical (unpaired) electrons. The first-order chi connectivity index (χ1) is 11.5. The van der Waals surface area contributed by atoms with E-state index in [1.54, 1.807) is 42.9 Å². The first-order valence-corrected chi connectivity index (χ1v) is 7.78. The van der Waals surface area contributed by atoms with Crippen LogP contribution >= 0.6 is 11.6 Å². The quantitative estimate of drug-likeness (QED) is 0.794. The van der Waals surface area contributed by atoms with Crippen LogP contribution in [-0.2, 0) is 7.05 Å². The van der Waals surface area contributed by atoms with Gasteiger partial charge < -0.3 is 5.32 Å². The molecule has 0 saturated heterocycles. The van der Waals surface area contributed by atoms with Crippen LogP contribution in [0, 0.1) is 6.92 Å². The molecule has 3 aromatic rings. The molecule has 0 unspecified atom stereocenters. The Kier molecular flexibility index (Phi) is 4.27. The van der Waals surface area contributed by atoms with Crippen LogP contribution in [0.4, 0.5) is 5.69 Å². The van der Waals surface area contributed by atoms with Crippen LogP contribution in [0.25, 0.3) is 5.69 Å². The van der Waals surface area contributed by atoms with Gasteiger partial charge in [0.05, 0.1) is 11.4 Å². The van der Waals surface area contributed by atoms with E-state index in [1.807, 2.05) is 30.3 Å². The molecule has 6 heteroatoms. The molecule has 1 amide bonds. The van der Waals surface area contributed by atoms with Gasteiger partial charge in [-0.2, -0.15) is 0 Å². The molecule has 0 aliphatic carbocycles. The summed E-state index contributed by atoms with van der Waals surface area (Å²) in [4.78, 5) is 25.1. The van der Waals surface area contributed by atoms with E-state index in [4.69, 9.17) is 11.6 Å². The first-order valence-electron chi connectivity index (χ1n) is 7.40. The Balaban J connectivity index is 1.99. The maximum Gasteiger partial charge on any atom is 0.295 e. The van der Waals surface area contributed by atoms with Gasteiger partial charge in [-0.3, -0.25) is 14.3 Å². The van der Waals surface area contributed by atoms with Crippen molar-refractivity contribution in [1.82, 2.24) is 9.36 Å². The van der Waals surface area contributed by atoms with Gasteiger partial charge in [-0.1, -0.05) is 29.8 Å². The molecule has 3 rings (SSSR count). The molecule has 0 atom stereocenters. The van der Waals surface area contributed by atoms with Gasteiger partial charge in [-0.05, 0) is 43.3 Å². The summed E-state index contributed by atoms with van der Waals surface area (Å²) in [7, 11) is 1.78. The second-order valence-corrected chi connectivity index (χ2v) is 5.83. The van der Waals surface area contributed by atoms with E-state index in [2.05, 4.69) is 5.32 Å². The summed E-state index contributed by atoms with van der Waals surface area (Å²) in [6.45, 7) is 1.79. The highest BCUT2D eigenvalue weighted by Gasteiger charge is 2.18. The van der Waals surface area contributed by atoms with Crippen LogP contribution in [-0.4, -0.2) is 15.3 Å². The lowest BCUT2D eigenvalue weighted by Crippen LogP contribution is -2.22. The Labute approximate surface area is 144 Å². The second-order valence-electron chi connectivity index (χ2n) is 5.40. The summed E-state index contributed by atoms with van der Waals surface area (Å²) < 4.78 is 3.24. The van der Waals surface area contributed by atoms with Gasteiger partial charge in [0.1, 0.15) is 5.69 Å². The number of amides is 1. The van der Waals surface area contributed by atoms with Crippen molar-refractivity contribution in [3.05, 3.63) is 81.2 Å². The number of carbonyl (C=O) groups excluding carboxylic acids is 1. The predicted octanol–water partition coefficient (Wildman–Crippen LogP) is 3.39. The molecule has 0 aliphatic rings. The molecule has 0 aliphatic heterocycles. The van der Waals surface area contributed by atoms with Gasteiger partial charge in [0.25, 0.3) is 11.5 Å². The van der Waals surface area contributed by atoms with Gasteiger partial charge in [0.15, 0.2) is 0 Å². The number of halogens is 1. The van der Waals surface area contributed by atoms with E-state index in [1.165, 1.54) is 4.68 Å². The van der Waals surface area contributed by atoms with Gasteiger partial charge in [-0.25, -0.2) is 4.68 Å². The van der Waals surface area contributed by atoms with Crippen molar-refractivity contribution in [2.45, 2.75) is 6.92 Å². The molecule has 5 nitrogen and oxygen atoms in total. The Morgan fingerprint density at radius 3 is 2.29 bits per heavy atom. The van der Waals surface area contributed by atoms with E-state index in [-0.39, 0.29) is 17.2 Å². The average Bonchev–Trinajstić information content (AvgIpc) is 2.80. The summed E-state index contributed by atoms with van der Waals surface area (Å²) in [5.74, 6) is -0.349. The maximum atomic E-state index is 12.7. The third-order valence-corrected chi connectivity index (χ3v) is 4.15. The number of benzene rings is 2. The zero-order valence-corrected chi connectivity index (χ0v) is 14.0.